The van der Waals surface area contributed by atoms with Gasteiger partial charge < -0.3 is 31.2 Å². The minimum Gasteiger partial charge on any atom is -0.369 e. The Labute approximate surface area is 241 Å². The summed E-state index contributed by atoms with van der Waals surface area (Å²) in [6, 6.07) is 11.8. The number of amides is 3. The largest absolute Gasteiger partial charge is 0.369 e. The molecule has 0 atom stereocenters. The average molecular weight is 572 g/mol. The maximum absolute atomic E-state index is 13.2. The zero-order chi connectivity index (χ0) is 30.1. The van der Waals surface area contributed by atoms with Gasteiger partial charge in [-0.3, -0.25) is 24.4 Å². The van der Waals surface area contributed by atoms with Crippen molar-refractivity contribution in [2.45, 2.75) is 33.5 Å². The second-order valence-electron chi connectivity index (χ2n) is 10.1. The first kappa shape index (κ1) is 28.3. The average Bonchev–Trinajstić information content (AvgIpc) is 3.61. The number of aromatic nitrogens is 6. The van der Waals surface area contributed by atoms with Crippen LogP contribution in [0.15, 0.2) is 42.5 Å². The zero-order valence-corrected chi connectivity index (χ0v) is 23.7. The maximum atomic E-state index is 13.2. The third-order valence-electron chi connectivity index (χ3n) is 7.17. The molecule has 0 aliphatic rings. The molecular weight excluding hydrogens is 538 g/mol. The first-order chi connectivity index (χ1) is 20.0. The van der Waals surface area contributed by atoms with Crippen LogP contribution in [-0.2, 0) is 19.6 Å². The van der Waals surface area contributed by atoms with Crippen LogP contribution in [0.2, 0.25) is 0 Å². The van der Waals surface area contributed by atoms with Crippen LogP contribution in [0.3, 0.4) is 0 Å². The van der Waals surface area contributed by atoms with Crippen molar-refractivity contribution >= 4 is 51.7 Å². The second-order valence-corrected chi connectivity index (χ2v) is 10.1. The molecule has 0 bridgehead atoms. The lowest BCUT2D eigenvalue weighted by Gasteiger charge is -2.19. The van der Waals surface area contributed by atoms with Gasteiger partial charge in [0.1, 0.15) is 5.69 Å². The van der Waals surface area contributed by atoms with Gasteiger partial charge in [0.25, 0.3) is 5.91 Å². The van der Waals surface area contributed by atoms with E-state index in [0.717, 1.165) is 16.7 Å². The second kappa shape index (κ2) is 11.3. The van der Waals surface area contributed by atoms with Crippen molar-refractivity contribution in [3.8, 4) is 0 Å². The summed E-state index contributed by atoms with van der Waals surface area (Å²) in [7, 11) is 1.98. The predicted molar refractivity (Wildman–Crippen MR) is 159 cm³/mol. The molecule has 0 saturated carbocycles. The molecule has 0 radical (unpaired) electrons. The molecule has 42 heavy (non-hydrogen) atoms. The summed E-state index contributed by atoms with van der Waals surface area (Å²) >= 11 is 0. The molecule has 5 rings (SSSR count). The van der Waals surface area contributed by atoms with Gasteiger partial charge in [-0.05, 0) is 63.4 Å². The number of likely N-dealkylation sites (N-methyl/N-ethyl adjacent to an activating group) is 1. The molecule has 218 valence electrons. The van der Waals surface area contributed by atoms with Gasteiger partial charge in [-0.15, -0.1) is 0 Å². The number of carbonyl (C=O) groups excluding carboxylic acids is 3. The third kappa shape index (κ3) is 5.51. The van der Waals surface area contributed by atoms with E-state index in [1.165, 1.54) is 0 Å². The Bertz CT molecular complexity index is 1830. The van der Waals surface area contributed by atoms with E-state index in [1.54, 1.807) is 47.1 Å². The molecule has 2 aromatic carbocycles. The summed E-state index contributed by atoms with van der Waals surface area (Å²) in [4.78, 5) is 47.6. The number of carbonyl (C=O) groups is 3. The van der Waals surface area contributed by atoms with Crippen LogP contribution < -0.4 is 22.5 Å². The van der Waals surface area contributed by atoms with Gasteiger partial charge in [0.15, 0.2) is 0 Å². The van der Waals surface area contributed by atoms with Crippen LogP contribution in [0.25, 0.3) is 22.1 Å². The smallest absolute Gasteiger partial charge is 0.276 e. The van der Waals surface area contributed by atoms with Gasteiger partial charge in [0.05, 0.1) is 27.8 Å². The first-order valence-electron chi connectivity index (χ1n) is 13.5. The Balaban J connectivity index is 1.35. The number of rotatable bonds is 11. The lowest BCUT2D eigenvalue weighted by Crippen LogP contribution is -2.28. The van der Waals surface area contributed by atoms with Crippen molar-refractivity contribution in [3.05, 3.63) is 65.0 Å². The van der Waals surface area contributed by atoms with Crippen molar-refractivity contribution in [3.63, 3.8) is 0 Å². The van der Waals surface area contributed by atoms with Crippen molar-refractivity contribution in [2.24, 2.45) is 11.5 Å². The van der Waals surface area contributed by atoms with Gasteiger partial charge in [-0.1, -0.05) is 0 Å². The van der Waals surface area contributed by atoms with Crippen LogP contribution in [0.4, 0.5) is 11.9 Å². The summed E-state index contributed by atoms with van der Waals surface area (Å²) in [5.41, 5.74) is 21.6. The Morgan fingerprint density at radius 2 is 1.45 bits per heavy atom. The van der Waals surface area contributed by atoms with Gasteiger partial charge in [0, 0.05) is 43.9 Å². The number of hydrogen-bond donors (Lipinski definition) is 4. The Hall–Kier alpha value is -5.24. The van der Waals surface area contributed by atoms with E-state index in [4.69, 9.17) is 17.2 Å². The lowest BCUT2D eigenvalue weighted by molar-refractivity contribution is 0.0992. The van der Waals surface area contributed by atoms with Crippen molar-refractivity contribution in [1.82, 2.24) is 33.8 Å². The number of imidazole rings is 2. The normalized spacial score (nSPS) is 11.5. The van der Waals surface area contributed by atoms with Gasteiger partial charge in [0.2, 0.25) is 23.7 Å². The maximum Gasteiger partial charge on any atom is 0.276 e. The van der Waals surface area contributed by atoms with Gasteiger partial charge >= 0.3 is 0 Å². The number of nitrogens with one attached hydrogen (secondary N) is 1. The molecule has 3 aromatic heterocycles. The molecule has 14 heteroatoms. The number of nitrogen functional groups attached to an aromatic ring is 1. The standard InChI is InChI=1S/C28H33N11O3/c1-4-39-23(13-16(2)35-39)26(42)34-28-33-20-15-18(25(30)41)6-8-22(20)38(28)12-10-36(3)9-11-37-21-7-5-17(24(29)40)14-19(21)32-27(37)31/h5-8,13-15H,4,9-12H2,1-3H3,(H2,29,40)(H2,30,41)(H2,31,32)(H,33,34,42). The van der Waals surface area contributed by atoms with Gasteiger partial charge in [-0.25, -0.2) is 9.97 Å². The number of hydrogen-bond acceptors (Lipinski definition) is 8. The summed E-state index contributed by atoms with van der Waals surface area (Å²) in [6.07, 6.45) is 0. The van der Waals surface area contributed by atoms with Crippen molar-refractivity contribution in [1.29, 1.82) is 0 Å². The molecule has 0 spiro atoms. The zero-order valence-electron chi connectivity index (χ0n) is 23.7. The van der Waals surface area contributed by atoms with E-state index in [2.05, 4.69) is 25.3 Å². The number of nitrogens with two attached hydrogens (primary N) is 3. The fourth-order valence-electron chi connectivity index (χ4n) is 4.93. The molecule has 0 unspecified atom stereocenters. The fraction of sp³-hybridized carbons (Fsp3) is 0.286. The lowest BCUT2D eigenvalue weighted by atomic mass is 10.2. The minimum atomic E-state index is -0.559. The highest BCUT2D eigenvalue weighted by molar-refractivity contribution is 6.03. The highest BCUT2D eigenvalue weighted by atomic mass is 16.2. The van der Waals surface area contributed by atoms with Crippen molar-refractivity contribution < 1.29 is 14.4 Å². The van der Waals surface area contributed by atoms with E-state index in [-0.39, 0.29) is 5.91 Å². The number of anilines is 2. The molecule has 3 amide bonds. The van der Waals surface area contributed by atoms with Crippen LogP contribution in [0, 0.1) is 6.92 Å². The highest BCUT2D eigenvalue weighted by Crippen LogP contribution is 2.23. The molecule has 0 fully saturated rings. The summed E-state index contributed by atoms with van der Waals surface area (Å²) in [6.45, 7) is 6.59. The Kier molecular flexibility index (Phi) is 7.63. The van der Waals surface area contributed by atoms with Crippen LogP contribution in [0.1, 0.15) is 43.8 Å². The Morgan fingerprint density at radius 1 is 0.881 bits per heavy atom. The van der Waals surface area contributed by atoms with Gasteiger partial charge in [-0.2, -0.15) is 5.10 Å². The molecule has 0 aliphatic carbocycles. The predicted octanol–water partition coefficient (Wildman–Crippen LogP) is 1.58. The fourth-order valence-corrected chi connectivity index (χ4v) is 4.93. The minimum absolute atomic E-state index is 0.329. The van der Waals surface area contributed by atoms with E-state index in [1.807, 2.05) is 30.0 Å². The van der Waals surface area contributed by atoms with Crippen molar-refractivity contribution in [2.75, 3.05) is 31.2 Å². The number of primary amides is 2. The van der Waals surface area contributed by atoms with Crippen LogP contribution >= 0.6 is 0 Å². The monoisotopic (exact) mass is 571 g/mol. The molecule has 0 aliphatic heterocycles. The quantitative estimate of drug-likeness (QED) is 0.183. The van der Waals surface area contributed by atoms with Crippen LogP contribution in [-0.4, -0.2) is 71.6 Å². The molecular formula is C28H33N11O3. The molecule has 3 heterocycles. The number of fused-ring (bicyclic) bond motifs is 2. The van der Waals surface area contributed by atoms with E-state index in [0.29, 0.717) is 72.5 Å². The van der Waals surface area contributed by atoms with Crippen LogP contribution in [0.5, 0.6) is 0 Å². The number of aryl methyl sites for hydroxylation is 2. The third-order valence-corrected chi connectivity index (χ3v) is 7.17. The Morgan fingerprint density at radius 3 is 2.05 bits per heavy atom. The summed E-state index contributed by atoms with van der Waals surface area (Å²) in [5.74, 6) is -0.723. The van der Waals surface area contributed by atoms with E-state index < -0.39 is 11.8 Å². The van der Waals surface area contributed by atoms with E-state index in [9.17, 15) is 14.4 Å². The number of benzene rings is 2. The molecule has 14 nitrogen and oxygen atoms in total. The number of nitrogens with zero attached hydrogens (tertiary/aromatic N) is 7. The van der Waals surface area contributed by atoms with E-state index >= 15 is 0 Å². The first-order valence-corrected chi connectivity index (χ1v) is 13.5. The molecule has 5 aromatic rings. The topological polar surface area (TPSA) is 198 Å². The summed E-state index contributed by atoms with van der Waals surface area (Å²) in [5, 5.41) is 7.29. The SMILES string of the molecule is CCn1nc(C)cc1C(=O)Nc1nc2cc(C(N)=O)ccc2n1CCN(C)CCn1c(N)nc2cc(C(N)=O)ccc21. The highest BCUT2D eigenvalue weighted by Gasteiger charge is 2.19. The molecule has 7 N–H and O–H groups in total. The summed E-state index contributed by atoms with van der Waals surface area (Å²) < 4.78 is 5.43. The molecule has 0 saturated heterocycles.